The van der Waals surface area contributed by atoms with E-state index in [1.165, 1.54) is 109 Å². The molecule has 0 aromatic carbocycles. The van der Waals surface area contributed by atoms with Crippen molar-refractivity contribution in [1.29, 1.82) is 0 Å². The fourth-order valence-corrected chi connectivity index (χ4v) is 3.58. The van der Waals surface area contributed by atoms with Crippen LogP contribution in [0.2, 0.25) is 0 Å². The first-order valence-corrected chi connectivity index (χ1v) is 11.5. The van der Waals surface area contributed by atoms with Gasteiger partial charge >= 0.3 is 0 Å². The molecule has 0 aliphatic carbocycles. The zero-order valence-corrected chi connectivity index (χ0v) is 17.5. The van der Waals surface area contributed by atoms with Gasteiger partial charge in [0.1, 0.15) is 0 Å². The minimum Gasteiger partial charge on any atom is -0.329 e. The Morgan fingerprint density at radius 3 is 1.08 bits per heavy atom. The van der Waals surface area contributed by atoms with Crippen molar-refractivity contribution < 1.29 is 0 Å². The summed E-state index contributed by atoms with van der Waals surface area (Å²) in [6.45, 7) is 6.96. The van der Waals surface area contributed by atoms with E-state index in [1.807, 2.05) is 0 Å². The predicted octanol–water partition coefficient (Wildman–Crippen LogP) is 5.47. The van der Waals surface area contributed by atoms with E-state index in [1.54, 1.807) is 0 Å². The SMILES string of the molecule is CCCCCCCCCCCCCCCCCCN(CCN)CCN. The number of unbranched alkanes of at least 4 members (excludes halogenated alkanes) is 15. The molecule has 0 radical (unpaired) electrons. The highest BCUT2D eigenvalue weighted by Crippen LogP contribution is 2.13. The molecule has 0 unspecified atom stereocenters. The molecule has 0 spiro atoms. The number of nitrogens with two attached hydrogens (primary N) is 2. The summed E-state index contributed by atoms with van der Waals surface area (Å²) in [6.07, 6.45) is 22.9. The molecule has 0 bridgehead atoms. The summed E-state index contributed by atoms with van der Waals surface area (Å²) < 4.78 is 0. The highest BCUT2D eigenvalue weighted by molar-refractivity contribution is 4.59. The minimum atomic E-state index is 0.749. The second-order valence-electron chi connectivity index (χ2n) is 7.72. The van der Waals surface area contributed by atoms with Crippen molar-refractivity contribution in [1.82, 2.24) is 4.90 Å². The molecular weight excluding hydrogens is 306 g/mol. The molecule has 0 aromatic rings. The molecule has 0 rings (SSSR count). The summed E-state index contributed by atoms with van der Waals surface area (Å²) in [5.41, 5.74) is 11.3. The zero-order valence-electron chi connectivity index (χ0n) is 17.5. The van der Waals surface area contributed by atoms with Crippen LogP contribution in [0.25, 0.3) is 0 Å². The van der Waals surface area contributed by atoms with E-state index < -0.39 is 0 Å². The zero-order chi connectivity index (χ0) is 18.4. The first-order chi connectivity index (χ1) is 12.3. The van der Waals surface area contributed by atoms with Crippen LogP contribution in [0.3, 0.4) is 0 Å². The van der Waals surface area contributed by atoms with E-state index in [4.69, 9.17) is 11.5 Å². The third-order valence-corrected chi connectivity index (χ3v) is 5.22. The van der Waals surface area contributed by atoms with Gasteiger partial charge in [0.05, 0.1) is 0 Å². The molecule has 3 nitrogen and oxygen atoms in total. The van der Waals surface area contributed by atoms with E-state index in [0.29, 0.717) is 0 Å². The van der Waals surface area contributed by atoms with E-state index in [9.17, 15) is 0 Å². The van der Waals surface area contributed by atoms with Gasteiger partial charge in [0.25, 0.3) is 0 Å². The largest absolute Gasteiger partial charge is 0.329 e. The number of hydrogen-bond acceptors (Lipinski definition) is 3. The standard InChI is InChI=1S/C22H49N3/c1-2-3-4-5-6-7-8-9-10-11-12-13-14-15-16-17-20-25(21-18-23)22-19-24/h2-24H2,1H3. The van der Waals surface area contributed by atoms with Crippen LogP contribution in [0, 0.1) is 0 Å². The molecule has 0 heterocycles. The summed E-state index contributed by atoms with van der Waals surface area (Å²) >= 11 is 0. The molecule has 0 aromatic heterocycles. The minimum absolute atomic E-state index is 0.749. The van der Waals surface area contributed by atoms with Gasteiger partial charge in [-0.3, -0.25) is 0 Å². The molecule has 0 amide bonds. The van der Waals surface area contributed by atoms with Crippen LogP contribution in [0.1, 0.15) is 110 Å². The number of rotatable bonds is 21. The van der Waals surface area contributed by atoms with Crippen LogP contribution in [0.5, 0.6) is 0 Å². The lowest BCUT2D eigenvalue weighted by atomic mass is 10.0. The quantitative estimate of drug-likeness (QED) is 0.268. The van der Waals surface area contributed by atoms with E-state index in [2.05, 4.69) is 11.8 Å². The monoisotopic (exact) mass is 355 g/mol. The van der Waals surface area contributed by atoms with Gasteiger partial charge in [0.2, 0.25) is 0 Å². The normalized spacial score (nSPS) is 11.5. The van der Waals surface area contributed by atoms with E-state index >= 15 is 0 Å². The Bertz CT molecular complexity index is 227. The molecule has 0 saturated carbocycles. The van der Waals surface area contributed by atoms with Crippen LogP contribution in [0.4, 0.5) is 0 Å². The number of hydrogen-bond donors (Lipinski definition) is 2. The summed E-state index contributed by atoms with van der Waals surface area (Å²) in [4.78, 5) is 2.41. The van der Waals surface area contributed by atoms with Gasteiger partial charge in [0, 0.05) is 26.2 Å². The van der Waals surface area contributed by atoms with Crippen molar-refractivity contribution in [3.63, 3.8) is 0 Å². The lowest BCUT2D eigenvalue weighted by Gasteiger charge is -2.20. The van der Waals surface area contributed by atoms with Gasteiger partial charge < -0.3 is 16.4 Å². The Morgan fingerprint density at radius 2 is 0.760 bits per heavy atom. The Morgan fingerprint density at radius 1 is 0.440 bits per heavy atom. The van der Waals surface area contributed by atoms with Crippen molar-refractivity contribution in [2.45, 2.75) is 110 Å². The second-order valence-corrected chi connectivity index (χ2v) is 7.72. The Balaban J connectivity index is 3.13. The molecular formula is C22H49N3. The summed E-state index contributed by atoms with van der Waals surface area (Å²) in [5.74, 6) is 0. The van der Waals surface area contributed by atoms with Gasteiger partial charge in [-0.25, -0.2) is 0 Å². The van der Waals surface area contributed by atoms with Crippen LogP contribution in [-0.2, 0) is 0 Å². The number of nitrogens with zero attached hydrogens (tertiary/aromatic N) is 1. The molecule has 0 atom stereocenters. The second kappa shape index (κ2) is 21.9. The Labute approximate surface area is 159 Å². The summed E-state index contributed by atoms with van der Waals surface area (Å²) in [7, 11) is 0. The average Bonchev–Trinajstić information content (AvgIpc) is 2.61. The highest BCUT2D eigenvalue weighted by Gasteiger charge is 2.01. The van der Waals surface area contributed by atoms with Gasteiger partial charge in [-0.15, -0.1) is 0 Å². The molecule has 0 aliphatic heterocycles. The topological polar surface area (TPSA) is 55.3 Å². The van der Waals surface area contributed by atoms with Crippen molar-refractivity contribution in [2.24, 2.45) is 11.5 Å². The average molecular weight is 356 g/mol. The maximum absolute atomic E-state index is 5.64. The summed E-state index contributed by atoms with van der Waals surface area (Å²) in [5, 5.41) is 0. The summed E-state index contributed by atoms with van der Waals surface area (Å²) in [6, 6.07) is 0. The Kier molecular flexibility index (Phi) is 21.8. The smallest absolute Gasteiger partial charge is 0.0105 e. The van der Waals surface area contributed by atoms with Gasteiger partial charge in [-0.05, 0) is 13.0 Å². The van der Waals surface area contributed by atoms with Gasteiger partial charge in [-0.2, -0.15) is 0 Å². The van der Waals surface area contributed by atoms with Crippen LogP contribution in [-0.4, -0.2) is 37.6 Å². The highest BCUT2D eigenvalue weighted by atomic mass is 15.1. The third kappa shape index (κ3) is 20.0. The molecule has 4 N–H and O–H groups in total. The third-order valence-electron chi connectivity index (χ3n) is 5.22. The molecule has 152 valence electrons. The molecule has 0 aliphatic rings. The lowest BCUT2D eigenvalue weighted by molar-refractivity contribution is 0.281. The maximum atomic E-state index is 5.64. The fourth-order valence-electron chi connectivity index (χ4n) is 3.58. The van der Waals surface area contributed by atoms with Crippen molar-refractivity contribution >= 4 is 0 Å². The van der Waals surface area contributed by atoms with Crippen molar-refractivity contribution in [2.75, 3.05) is 32.7 Å². The van der Waals surface area contributed by atoms with E-state index in [-0.39, 0.29) is 0 Å². The molecule has 3 heteroatoms. The lowest BCUT2D eigenvalue weighted by Crippen LogP contribution is -2.34. The van der Waals surface area contributed by atoms with Gasteiger partial charge in [-0.1, -0.05) is 103 Å². The molecule has 25 heavy (non-hydrogen) atoms. The Hall–Kier alpha value is -0.120. The van der Waals surface area contributed by atoms with Crippen LogP contribution >= 0.6 is 0 Å². The van der Waals surface area contributed by atoms with E-state index in [0.717, 1.165) is 26.2 Å². The maximum Gasteiger partial charge on any atom is 0.0105 e. The first-order valence-electron chi connectivity index (χ1n) is 11.5. The van der Waals surface area contributed by atoms with Crippen molar-refractivity contribution in [3.05, 3.63) is 0 Å². The van der Waals surface area contributed by atoms with Crippen LogP contribution < -0.4 is 11.5 Å². The predicted molar refractivity (Wildman–Crippen MR) is 114 cm³/mol. The van der Waals surface area contributed by atoms with Crippen LogP contribution in [0.15, 0.2) is 0 Å². The van der Waals surface area contributed by atoms with Gasteiger partial charge in [0.15, 0.2) is 0 Å². The van der Waals surface area contributed by atoms with Crippen molar-refractivity contribution in [3.8, 4) is 0 Å². The first kappa shape index (κ1) is 24.9. The molecule has 0 fully saturated rings. The fraction of sp³-hybridized carbons (Fsp3) is 1.00. The molecule has 0 saturated heterocycles.